The van der Waals surface area contributed by atoms with Crippen LogP contribution in [0.1, 0.15) is 30.9 Å². The number of hydrogen-bond donors (Lipinski definition) is 2. The van der Waals surface area contributed by atoms with Crippen molar-refractivity contribution in [2.24, 2.45) is 0 Å². The topological polar surface area (TPSA) is 50.7 Å². The summed E-state index contributed by atoms with van der Waals surface area (Å²) in [6.07, 6.45) is 2.95. The van der Waals surface area contributed by atoms with Crippen LogP contribution in [-0.4, -0.2) is 43.2 Å². The Morgan fingerprint density at radius 3 is 2.85 bits per heavy atom. The maximum absolute atomic E-state index is 9.65. The molecule has 1 aromatic carbocycles. The smallest absolute Gasteiger partial charge is 0.0951 e. The fourth-order valence-electron chi connectivity index (χ4n) is 3.26. The molecule has 2 saturated heterocycles. The third-order valence-corrected chi connectivity index (χ3v) is 4.38. The van der Waals surface area contributed by atoms with E-state index >= 15 is 0 Å². The summed E-state index contributed by atoms with van der Waals surface area (Å²) in [4.78, 5) is 0. The second-order valence-corrected chi connectivity index (χ2v) is 5.84. The van der Waals surface area contributed by atoms with E-state index < -0.39 is 0 Å². The molecule has 2 aliphatic rings. The molecule has 20 heavy (non-hydrogen) atoms. The third kappa shape index (κ3) is 3.04. The highest BCUT2D eigenvalue weighted by atomic mass is 16.6. The maximum Gasteiger partial charge on any atom is 0.0951 e. The first kappa shape index (κ1) is 14.0. The van der Waals surface area contributed by atoms with Gasteiger partial charge in [0.15, 0.2) is 0 Å². The molecule has 2 fully saturated rings. The van der Waals surface area contributed by atoms with Crippen LogP contribution in [0.4, 0.5) is 0 Å². The van der Waals surface area contributed by atoms with Crippen LogP contribution in [0.3, 0.4) is 0 Å². The van der Waals surface area contributed by atoms with Crippen LogP contribution in [0.25, 0.3) is 0 Å². The van der Waals surface area contributed by atoms with Crippen LogP contribution >= 0.6 is 0 Å². The normalized spacial score (nSPS) is 31.6. The molecule has 0 aliphatic carbocycles. The van der Waals surface area contributed by atoms with Gasteiger partial charge in [0.2, 0.25) is 0 Å². The zero-order chi connectivity index (χ0) is 13.8. The van der Waals surface area contributed by atoms with Crippen molar-refractivity contribution >= 4 is 0 Å². The highest BCUT2D eigenvalue weighted by Crippen LogP contribution is 2.33. The lowest BCUT2D eigenvalue weighted by Gasteiger charge is -2.38. The Kier molecular flexibility index (Phi) is 4.36. The molecule has 0 saturated carbocycles. The van der Waals surface area contributed by atoms with Crippen molar-refractivity contribution in [2.45, 2.75) is 36.9 Å². The van der Waals surface area contributed by atoms with Crippen molar-refractivity contribution in [3.63, 3.8) is 0 Å². The van der Waals surface area contributed by atoms with Gasteiger partial charge in [-0.25, -0.2) is 0 Å². The zero-order valence-corrected chi connectivity index (χ0v) is 11.8. The van der Waals surface area contributed by atoms with Crippen LogP contribution in [0.5, 0.6) is 0 Å². The predicted octanol–water partition coefficient (Wildman–Crippen LogP) is 1.65. The molecule has 110 valence electrons. The summed E-state index contributed by atoms with van der Waals surface area (Å²) in [5.74, 6) is 0. The number of benzene rings is 1. The average Bonchev–Trinajstić information content (AvgIpc) is 2.93. The molecule has 3 rings (SSSR count). The molecule has 4 nitrogen and oxygen atoms in total. The highest BCUT2D eigenvalue weighted by molar-refractivity contribution is 5.19. The van der Waals surface area contributed by atoms with Crippen LogP contribution in [0.2, 0.25) is 0 Å². The lowest BCUT2D eigenvalue weighted by molar-refractivity contribution is -0.0909. The molecule has 0 bridgehead atoms. The quantitative estimate of drug-likeness (QED) is 0.878. The number of nitrogens with one attached hydrogen (secondary N) is 1. The number of aliphatic hydroxyl groups excluding tert-OH is 1. The van der Waals surface area contributed by atoms with E-state index in [1.807, 2.05) is 18.2 Å². The molecular weight excluding hydrogens is 254 g/mol. The van der Waals surface area contributed by atoms with Gasteiger partial charge in [-0.1, -0.05) is 30.3 Å². The van der Waals surface area contributed by atoms with E-state index in [1.54, 1.807) is 0 Å². The molecule has 3 unspecified atom stereocenters. The summed E-state index contributed by atoms with van der Waals surface area (Å²) in [7, 11) is 0. The molecule has 0 radical (unpaired) electrons. The van der Waals surface area contributed by atoms with Gasteiger partial charge in [-0.2, -0.15) is 0 Å². The molecule has 1 aromatic rings. The van der Waals surface area contributed by atoms with Crippen molar-refractivity contribution in [3.8, 4) is 0 Å². The fraction of sp³-hybridized carbons (Fsp3) is 0.625. The second-order valence-electron chi connectivity index (χ2n) is 5.84. The average molecular weight is 277 g/mol. The van der Waals surface area contributed by atoms with E-state index in [2.05, 4.69) is 17.4 Å². The Morgan fingerprint density at radius 2 is 2.15 bits per heavy atom. The summed E-state index contributed by atoms with van der Waals surface area (Å²) in [5.41, 5.74) is 1.05. The number of ether oxygens (including phenoxy) is 2. The van der Waals surface area contributed by atoms with Gasteiger partial charge < -0.3 is 19.9 Å². The summed E-state index contributed by atoms with van der Waals surface area (Å²) in [6.45, 7) is 2.40. The SMILES string of the molecule is OCC(NC1CCOC2(CCOC2)C1)c1ccccc1. The van der Waals surface area contributed by atoms with Crippen LogP contribution in [-0.2, 0) is 9.47 Å². The van der Waals surface area contributed by atoms with Gasteiger partial charge in [-0.15, -0.1) is 0 Å². The Bertz CT molecular complexity index is 417. The van der Waals surface area contributed by atoms with Crippen LogP contribution < -0.4 is 5.32 Å². The van der Waals surface area contributed by atoms with E-state index in [4.69, 9.17) is 9.47 Å². The lowest BCUT2D eigenvalue weighted by Crippen LogP contribution is -2.48. The van der Waals surface area contributed by atoms with Crippen molar-refractivity contribution in [1.29, 1.82) is 0 Å². The van der Waals surface area contributed by atoms with Gasteiger partial charge in [-0.05, 0) is 18.4 Å². The van der Waals surface area contributed by atoms with Crippen molar-refractivity contribution in [3.05, 3.63) is 35.9 Å². The summed E-state index contributed by atoms with van der Waals surface area (Å²) >= 11 is 0. The van der Waals surface area contributed by atoms with E-state index in [1.165, 1.54) is 0 Å². The number of hydrogen-bond acceptors (Lipinski definition) is 4. The second kappa shape index (κ2) is 6.22. The first-order valence-corrected chi connectivity index (χ1v) is 7.45. The highest BCUT2D eigenvalue weighted by Gasteiger charge is 2.41. The molecule has 3 atom stereocenters. The first-order valence-electron chi connectivity index (χ1n) is 7.45. The van der Waals surface area contributed by atoms with Gasteiger partial charge in [0.05, 0.1) is 24.9 Å². The van der Waals surface area contributed by atoms with E-state index in [-0.39, 0.29) is 18.2 Å². The molecule has 1 spiro atoms. The minimum atomic E-state index is -0.0907. The van der Waals surface area contributed by atoms with Crippen LogP contribution in [0, 0.1) is 0 Å². The zero-order valence-electron chi connectivity index (χ0n) is 11.8. The predicted molar refractivity (Wildman–Crippen MR) is 76.5 cm³/mol. The molecule has 2 aliphatic heterocycles. The lowest BCUT2D eigenvalue weighted by atomic mass is 9.89. The standard InChI is InChI=1S/C16H23NO3/c18-11-15(13-4-2-1-3-5-13)17-14-6-8-20-16(10-14)7-9-19-12-16/h1-5,14-15,17-18H,6-12H2. The third-order valence-electron chi connectivity index (χ3n) is 4.38. The van der Waals surface area contributed by atoms with Gasteiger partial charge >= 0.3 is 0 Å². The Labute approximate surface area is 120 Å². The Balaban J connectivity index is 1.64. The Morgan fingerprint density at radius 1 is 1.30 bits per heavy atom. The van der Waals surface area contributed by atoms with Gasteiger partial charge in [0.25, 0.3) is 0 Å². The van der Waals surface area contributed by atoms with Crippen molar-refractivity contribution in [2.75, 3.05) is 26.4 Å². The van der Waals surface area contributed by atoms with E-state index in [0.717, 1.165) is 38.0 Å². The van der Waals surface area contributed by atoms with Gasteiger partial charge in [-0.3, -0.25) is 0 Å². The summed E-state index contributed by atoms with van der Waals surface area (Å²) in [6, 6.07) is 10.5. The number of rotatable bonds is 4. The largest absolute Gasteiger partial charge is 0.394 e. The van der Waals surface area contributed by atoms with Gasteiger partial charge in [0.1, 0.15) is 0 Å². The van der Waals surface area contributed by atoms with Crippen LogP contribution in [0.15, 0.2) is 30.3 Å². The van der Waals surface area contributed by atoms with Crippen molar-refractivity contribution < 1.29 is 14.6 Å². The molecule has 2 heterocycles. The van der Waals surface area contributed by atoms with E-state index in [0.29, 0.717) is 12.6 Å². The number of aliphatic hydroxyl groups is 1. The molecule has 4 heteroatoms. The van der Waals surface area contributed by atoms with E-state index in [9.17, 15) is 5.11 Å². The minimum Gasteiger partial charge on any atom is -0.394 e. The van der Waals surface area contributed by atoms with Gasteiger partial charge in [0, 0.05) is 25.7 Å². The monoisotopic (exact) mass is 277 g/mol. The summed E-state index contributed by atoms with van der Waals surface area (Å²) in [5, 5.41) is 13.2. The fourth-order valence-corrected chi connectivity index (χ4v) is 3.26. The Hall–Kier alpha value is -0.940. The maximum atomic E-state index is 9.65. The first-order chi connectivity index (χ1) is 9.81. The molecule has 2 N–H and O–H groups in total. The molecule has 0 amide bonds. The minimum absolute atomic E-state index is 0.00123. The molecule has 0 aromatic heterocycles. The summed E-state index contributed by atoms with van der Waals surface area (Å²) < 4.78 is 11.4. The molecular formula is C16H23NO3. The van der Waals surface area contributed by atoms with Crippen molar-refractivity contribution in [1.82, 2.24) is 5.32 Å².